The molecule has 0 unspecified atom stereocenters. The Morgan fingerprint density at radius 1 is 1.21 bits per heavy atom. The standard InChI is InChI=1S/C15H28N2O2/c1-12(2)11-17-9-8-16(7-6-13(17)18)14(19)10-15(3,4)5/h12H,6-11H2,1-5H3. The van der Waals surface area contributed by atoms with Crippen molar-refractivity contribution in [1.82, 2.24) is 9.80 Å². The minimum Gasteiger partial charge on any atom is -0.341 e. The van der Waals surface area contributed by atoms with Gasteiger partial charge in [-0.15, -0.1) is 0 Å². The molecule has 110 valence electrons. The third-order valence-electron chi connectivity index (χ3n) is 3.21. The van der Waals surface area contributed by atoms with Gasteiger partial charge in [0, 0.05) is 39.0 Å². The molecule has 0 aromatic heterocycles. The zero-order valence-electron chi connectivity index (χ0n) is 13.0. The molecular formula is C15H28N2O2. The van der Waals surface area contributed by atoms with E-state index in [1.807, 2.05) is 9.80 Å². The Hall–Kier alpha value is -1.06. The third kappa shape index (κ3) is 5.62. The molecule has 0 N–H and O–H groups in total. The second kappa shape index (κ2) is 6.40. The normalized spacial score (nSPS) is 17.9. The second-order valence-corrected chi connectivity index (χ2v) is 7.10. The fourth-order valence-electron chi connectivity index (χ4n) is 2.32. The van der Waals surface area contributed by atoms with E-state index in [4.69, 9.17) is 0 Å². The van der Waals surface area contributed by atoms with Crippen molar-refractivity contribution in [3.8, 4) is 0 Å². The molecule has 0 saturated carbocycles. The van der Waals surface area contributed by atoms with Crippen molar-refractivity contribution >= 4 is 11.8 Å². The Morgan fingerprint density at radius 3 is 2.37 bits per heavy atom. The Kier molecular flexibility index (Phi) is 5.39. The molecule has 1 aliphatic rings. The molecule has 0 atom stereocenters. The summed E-state index contributed by atoms with van der Waals surface area (Å²) < 4.78 is 0. The maximum atomic E-state index is 12.2. The largest absolute Gasteiger partial charge is 0.341 e. The van der Waals surface area contributed by atoms with Gasteiger partial charge in [0.2, 0.25) is 11.8 Å². The highest BCUT2D eigenvalue weighted by Crippen LogP contribution is 2.20. The van der Waals surface area contributed by atoms with Gasteiger partial charge >= 0.3 is 0 Å². The molecule has 0 spiro atoms. The number of nitrogens with zero attached hydrogens (tertiary/aromatic N) is 2. The van der Waals surface area contributed by atoms with E-state index in [0.717, 1.165) is 6.54 Å². The van der Waals surface area contributed by atoms with Gasteiger partial charge in [0.1, 0.15) is 0 Å². The van der Waals surface area contributed by atoms with Gasteiger partial charge in [-0.25, -0.2) is 0 Å². The summed E-state index contributed by atoms with van der Waals surface area (Å²) in [6.45, 7) is 13.1. The average Bonchev–Trinajstić information content (AvgIpc) is 2.39. The van der Waals surface area contributed by atoms with Gasteiger partial charge in [0.05, 0.1) is 0 Å². The van der Waals surface area contributed by atoms with Crippen LogP contribution < -0.4 is 0 Å². The fourth-order valence-corrected chi connectivity index (χ4v) is 2.32. The maximum Gasteiger partial charge on any atom is 0.224 e. The molecule has 1 rings (SSSR count). The molecule has 1 heterocycles. The van der Waals surface area contributed by atoms with Crippen LogP contribution in [0.3, 0.4) is 0 Å². The van der Waals surface area contributed by atoms with Gasteiger partial charge < -0.3 is 9.80 Å². The van der Waals surface area contributed by atoms with Crippen molar-refractivity contribution in [3.05, 3.63) is 0 Å². The van der Waals surface area contributed by atoms with Crippen LogP contribution in [0.1, 0.15) is 47.5 Å². The number of hydrogen-bond acceptors (Lipinski definition) is 2. The molecular weight excluding hydrogens is 240 g/mol. The van der Waals surface area contributed by atoms with Gasteiger partial charge in [-0.05, 0) is 11.3 Å². The second-order valence-electron chi connectivity index (χ2n) is 7.10. The van der Waals surface area contributed by atoms with E-state index in [9.17, 15) is 9.59 Å². The molecule has 1 aliphatic heterocycles. The van der Waals surface area contributed by atoms with Crippen LogP contribution >= 0.6 is 0 Å². The highest BCUT2D eigenvalue weighted by Gasteiger charge is 2.26. The first-order valence-electron chi connectivity index (χ1n) is 7.24. The SMILES string of the molecule is CC(C)CN1CCN(C(=O)CC(C)(C)C)CCC1=O. The van der Waals surface area contributed by atoms with Crippen LogP contribution in [0.4, 0.5) is 0 Å². The predicted molar refractivity (Wildman–Crippen MR) is 76.7 cm³/mol. The lowest BCUT2D eigenvalue weighted by Gasteiger charge is -2.26. The van der Waals surface area contributed by atoms with E-state index in [2.05, 4.69) is 34.6 Å². The number of hydrogen-bond donors (Lipinski definition) is 0. The molecule has 0 aliphatic carbocycles. The highest BCUT2D eigenvalue weighted by atomic mass is 16.2. The molecule has 1 fully saturated rings. The van der Waals surface area contributed by atoms with E-state index < -0.39 is 0 Å². The van der Waals surface area contributed by atoms with Crippen molar-refractivity contribution in [2.75, 3.05) is 26.2 Å². The van der Waals surface area contributed by atoms with Gasteiger partial charge in [-0.3, -0.25) is 9.59 Å². The van der Waals surface area contributed by atoms with E-state index in [1.54, 1.807) is 0 Å². The van der Waals surface area contributed by atoms with E-state index >= 15 is 0 Å². The van der Waals surface area contributed by atoms with Gasteiger partial charge in [-0.2, -0.15) is 0 Å². The monoisotopic (exact) mass is 268 g/mol. The van der Waals surface area contributed by atoms with Crippen molar-refractivity contribution in [1.29, 1.82) is 0 Å². The smallest absolute Gasteiger partial charge is 0.224 e. The Labute approximate surface area is 117 Å². The van der Waals surface area contributed by atoms with Crippen LogP contribution in [0, 0.1) is 11.3 Å². The van der Waals surface area contributed by atoms with Crippen LogP contribution in [0.15, 0.2) is 0 Å². The summed E-state index contributed by atoms with van der Waals surface area (Å²) in [7, 11) is 0. The molecule has 19 heavy (non-hydrogen) atoms. The molecule has 0 aromatic rings. The van der Waals surface area contributed by atoms with Crippen LogP contribution in [-0.2, 0) is 9.59 Å². The quantitative estimate of drug-likeness (QED) is 0.787. The van der Waals surface area contributed by atoms with Gasteiger partial charge in [0.15, 0.2) is 0 Å². The zero-order valence-corrected chi connectivity index (χ0v) is 13.0. The minimum atomic E-state index is 0.00498. The first kappa shape index (κ1) is 16.0. The molecule has 0 radical (unpaired) electrons. The molecule has 0 bridgehead atoms. The van der Waals surface area contributed by atoms with Crippen LogP contribution in [0.2, 0.25) is 0 Å². The molecule has 2 amide bonds. The number of carbonyl (C=O) groups is 2. The Bertz CT molecular complexity index is 332. The van der Waals surface area contributed by atoms with Crippen molar-refractivity contribution in [2.24, 2.45) is 11.3 Å². The Balaban J connectivity index is 2.58. The Morgan fingerprint density at radius 2 is 1.84 bits per heavy atom. The van der Waals surface area contributed by atoms with E-state index in [1.165, 1.54) is 0 Å². The lowest BCUT2D eigenvalue weighted by molar-refractivity contribution is -0.132. The summed E-state index contributed by atoms with van der Waals surface area (Å²) in [5.74, 6) is 0.826. The first-order valence-corrected chi connectivity index (χ1v) is 7.24. The number of rotatable bonds is 3. The summed E-state index contributed by atoms with van der Waals surface area (Å²) in [5, 5.41) is 0. The van der Waals surface area contributed by atoms with Crippen LogP contribution in [-0.4, -0.2) is 47.8 Å². The van der Waals surface area contributed by atoms with Crippen molar-refractivity contribution in [2.45, 2.75) is 47.5 Å². The summed E-state index contributed by atoms with van der Waals surface area (Å²) in [4.78, 5) is 27.9. The van der Waals surface area contributed by atoms with Crippen LogP contribution in [0.25, 0.3) is 0 Å². The first-order chi connectivity index (χ1) is 8.69. The molecule has 4 heteroatoms. The van der Waals surface area contributed by atoms with Gasteiger partial charge in [0.25, 0.3) is 0 Å². The zero-order chi connectivity index (χ0) is 14.6. The minimum absolute atomic E-state index is 0.00498. The van der Waals surface area contributed by atoms with Crippen LogP contribution in [0.5, 0.6) is 0 Å². The number of carbonyl (C=O) groups excluding carboxylic acids is 2. The highest BCUT2D eigenvalue weighted by molar-refractivity contribution is 5.80. The fraction of sp³-hybridized carbons (Fsp3) is 0.867. The summed E-state index contributed by atoms with van der Waals surface area (Å²) >= 11 is 0. The summed E-state index contributed by atoms with van der Waals surface area (Å²) in [5.41, 5.74) is 0.00498. The predicted octanol–water partition coefficient (Wildman–Crippen LogP) is 2.14. The molecule has 1 saturated heterocycles. The molecule has 4 nitrogen and oxygen atoms in total. The van der Waals surface area contributed by atoms with E-state index in [-0.39, 0.29) is 17.2 Å². The average molecular weight is 268 g/mol. The van der Waals surface area contributed by atoms with Crippen molar-refractivity contribution in [3.63, 3.8) is 0 Å². The lowest BCUT2D eigenvalue weighted by Crippen LogP contribution is -2.38. The third-order valence-corrected chi connectivity index (χ3v) is 3.21. The van der Waals surface area contributed by atoms with Gasteiger partial charge in [-0.1, -0.05) is 34.6 Å². The topological polar surface area (TPSA) is 40.6 Å². The summed E-state index contributed by atoms with van der Waals surface area (Å²) in [6.07, 6.45) is 1.01. The maximum absolute atomic E-state index is 12.2. The van der Waals surface area contributed by atoms with Crippen molar-refractivity contribution < 1.29 is 9.59 Å². The summed E-state index contributed by atoms with van der Waals surface area (Å²) in [6, 6.07) is 0. The molecule has 0 aromatic carbocycles. The van der Waals surface area contributed by atoms with E-state index in [0.29, 0.717) is 38.4 Å². The lowest BCUT2D eigenvalue weighted by atomic mass is 9.91. The number of amides is 2.